The number of hydrogen-bond acceptors (Lipinski definition) is 8. The van der Waals surface area contributed by atoms with Gasteiger partial charge in [-0.2, -0.15) is 5.26 Å². The van der Waals surface area contributed by atoms with Crippen LogP contribution in [0.2, 0.25) is 0 Å². The van der Waals surface area contributed by atoms with E-state index in [1.165, 1.54) is 20.8 Å². The van der Waals surface area contributed by atoms with E-state index in [2.05, 4.69) is 10.2 Å². The van der Waals surface area contributed by atoms with E-state index in [4.69, 9.17) is 10.1 Å². The number of fused-ring (bicyclic) bond motifs is 1. The molecule has 28 heavy (non-hydrogen) atoms. The molecule has 11 heteroatoms. The maximum atomic E-state index is 11.7. The standard InChI is InChI=1S/C17H16N6O5/c1-6-11(7(2)15(23(26)27)8(3)14(6)22(24)25)13-10(5-18)16(19)28-17-12(13)9(4)20-21-17/h10,13,19H,1-4H3,(H,20,21). The van der Waals surface area contributed by atoms with Crippen LogP contribution in [0.4, 0.5) is 11.4 Å². The monoisotopic (exact) mass is 384 g/mol. The van der Waals surface area contributed by atoms with Crippen molar-refractivity contribution in [3.8, 4) is 11.9 Å². The van der Waals surface area contributed by atoms with Gasteiger partial charge in [0.1, 0.15) is 11.5 Å². The minimum atomic E-state index is -1.11. The highest BCUT2D eigenvalue weighted by molar-refractivity contribution is 5.85. The van der Waals surface area contributed by atoms with Crippen LogP contribution >= 0.6 is 0 Å². The molecule has 0 radical (unpaired) electrons. The fourth-order valence-corrected chi connectivity index (χ4v) is 4.01. The molecule has 11 nitrogen and oxygen atoms in total. The summed E-state index contributed by atoms with van der Waals surface area (Å²) < 4.78 is 5.32. The van der Waals surface area contributed by atoms with Crippen molar-refractivity contribution < 1.29 is 14.6 Å². The molecule has 1 aromatic carbocycles. The van der Waals surface area contributed by atoms with Gasteiger partial charge in [0.25, 0.3) is 11.4 Å². The van der Waals surface area contributed by atoms with E-state index in [-0.39, 0.29) is 45.4 Å². The first kappa shape index (κ1) is 19.0. The minimum absolute atomic E-state index is 0.0477. The van der Waals surface area contributed by atoms with Gasteiger partial charge in [-0.05, 0) is 33.3 Å². The molecule has 0 aliphatic carbocycles. The predicted octanol–water partition coefficient (Wildman–Crippen LogP) is 3.10. The molecule has 2 aromatic rings. The number of aromatic amines is 1. The van der Waals surface area contributed by atoms with Crippen LogP contribution in [0.1, 0.15) is 39.4 Å². The predicted molar refractivity (Wildman–Crippen MR) is 96.6 cm³/mol. The van der Waals surface area contributed by atoms with Gasteiger partial charge in [0.15, 0.2) is 0 Å². The van der Waals surface area contributed by atoms with Gasteiger partial charge in [-0.15, -0.1) is 5.10 Å². The summed E-state index contributed by atoms with van der Waals surface area (Å²) in [5.41, 5.74) is 0.935. The molecule has 2 heterocycles. The molecular formula is C17H16N6O5. The number of nitro benzene ring substituents is 2. The molecule has 0 amide bonds. The molecule has 0 saturated carbocycles. The third-order valence-electron chi connectivity index (χ3n) is 5.14. The number of nitrogens with one attached hydrogen (secondary N) is 2. The van der Waals surface area contributed by atoms with Gasteiger partial charge >= 0.3 is 0 Å². The Labute approximate surface area is 158 Å². The second kappa shape index (κ2) is 6.41. The first-order valence-electron chi connectivity index (χ1n) is 8.24. The van der Waals surface area contributed by atoms with E-state index in [1.54, 1.807) is 6.92 Å². The summed E-state index contributed by atoms with van der Waals surface area (Å²) in [6.07, 6.45) is 0. The Kier molecular flexibility index (Phi) is 4.35. The molecule has 144 valence electrons. The van der Waals surface area contributed by atoms with Crippen LogP contribution in [0.15, 0.2) is 0 Å². The quantitative estimate of drug-likeness (QED) is 0.604. The summed E-state index contributed by atoms with van der Waals surface area (Å²) >= 11 is 0. The van der Waals surface area contributed by atoms with Crippen LogP contribution < -0.4 is 4.74 Å². The first-order valence-corrected chi connectivity index (χ1v) is 8.24. The molecule has 1 aromatic heterocycles. The fourth-order valence-electron chi connectivity index (χ4n) is 4.01. The Balaban J connectivity index is 2.48. The van der Waals surface area contributed by atoms with E-state index in [0.29, 0.717) is 11.3 Å². The minimum Gasteiger partial charge on any atom is -0.422 e. The number of ether oxygens (including phenoxy) is 1. The maximum absolute atomic E-state index is 11.7. The van der Waals surface area contributed by atoms with Crippen molar-refractivity contribution in [2.75, 3.05) is 0 Å². The molecule has 1 aliphatic heterocycles. The second-order valence-corrected chi connectivity index (χ2v) is 6.62. The summed E-state index contributed by atoms with van der Waals surface area (Å²) in [6, 6.07) is 2.00. The van der Waals surface area contributed by atoms with Crippen molar-refractivity contribution in [3.05, 3.63) is 53.7 Å². The van der Waals surface area contributed by atoms with Crippen molar-refractivity contribution in [2.24, 2.45) is 5.92 Å². The molecule has 0 bridgehead atoms. The lowest BCUT2D eigenvalue weighted by molar-refractivity contribution is -0.396. The number of nitrogens with zero attached hydrogens (tertiary/aromatic N) is 4. The van der Waals surface area contributed by atoms with Crippen LogP contribution in [0, 0.1) is 70.6 Å². The number of nitriles is 1. The highest BCUT2D eigenvalue weighted by Gasteiger charge is 2.44. The van der Waals surface area contributed by atoms with Crippen molar-refractivity contribution in [3.63, 3.8) is 0 Å². The number of rotatable bonds is 3. The van der Waals surface area contributed by atoms with E-state index in [9.17, 15) is 25.5 Å². The second-order valence-electron chi connectivity index (χ2n) is 6.62. The third-order valence-corrected chi connectivity index (χ3v) is 5.14. The van der Waals surface area contributed by atoms with E-state index < -0.39 is 21.7 Å². The molecule has 0 spiro atoms. The molecule has 3 rings (SSSR count). The van der Waals surface area contributed by atoms with Crippen LogP contribution in [-0.2, 0) is 0 Å². The van der Waals surface area contributed by atoms with Crippen molar-refractivity contribution in [2.45, 2.75) is 33.6 Å². The Bertz CT molecular complexity index is 1060. The SMILES string of the molecule is Cc1[nH]nc2c1C(c1c(C)c([N+](=O)[O-])c(C)c([N+](=O)[O-])c1C)C(C#N)C(=N)O2. The van der Waals surface area contributed by atoms with Gasteiger partial charge in [0, 0.05) is 28.3 Å². The summed E-state index contributed by atoms with van der Waals surface area (Å²) in [4.78, 5) is 22.0. The lowest BCUT2D eigenvalue weighted by Gasteiger charge is -2.30. The van der Waals surface area contributed by atoms with Crippen LogP contribution in [0.25, 0.3) is 0 Å². The van der Waals surface area contributed by atoms with Crippen LogP contribution in [0.3, 0.4) is 0 Å². The Morgan fingerprint density at radius 3 is 2.07 bits per heavy atom. The van der Waals surface area contributed by atoms with Gasteiger partial charge < -0.3 is 4.74 Å². The number of nitro groups is 2. The normalized spacial score (nSPS) is 18.2. The summed E-state index contributed by atoms with van der Waals surface area (Å²) in [5, 5.41) is 47.8. The highest BCUT2D eigenvalue weighted by Crippen LogP contribution is 2.49. The van der Waals surface area contributed by atoms with Gasteiger partial charge in [-0.3, -0.25) is 30.7 Å². The molecule has 0 fully saturated rings. The Morgan fingerprint density at radius 1 is 1.07 bits per heavy atom. The van der Waals surface area contributed by atoms with Crippen molar-refractivity contribution in [1.82, 2.24) is 10.2 Å². The van der Waals surface area contributed by atoms with E-state index in [0.717, 1.165) is 0 Å². The molecule has 2 atom stereocenters. The number of H-pyrrole nitrogens is 1. The van der Waals surface area contributed by atoms with Crippen molar-refractivity contribution in [1.29, 1.82) is 10.7 Å². The zero-order valence-corrected chi connectivity index (χ0v) is 15.5. The Hall–Kier alpha value is -3.81. The molecule has 2 unspecified atom stereocenters. The number of benzene rings is 1. The first-order chi connectivity index (χ1) is 13.1. The zero-order valence-electron chi connectivity index (χ0n) is 15.5. The van der Waals surface area contributed by atoms with Gasteiger partial charge in [0.05, 0.1) is 15.9 Å². The maximum Gasteiger partial charge on any atom is 0.282 e. The number of hydrogen-bond donors (Lipinski definition) is 2. The molecule has 2 N–H and O–H groups in total. The lowest BCUT2D eigenvalue weighted by atomic mass is 9.75. The van der Waals surface area contributed by atoms with Gasteiger partial charge in [0.2, 0.25) is 11.8 Å². The van der Waals surface area contributed by atoms with Crippen molar-refractivity contribution >= 4 is 17.3 Å². The molecule has 0 saturated heterocycles. The lowest BCUT2D eigenvalue weighted by Crippen LogP contribution is -2.32. The average Bonchev–Trinajstić information content (AvgIpc) is 2.94. The largest absolute Gasteiger partial charge is 0.422 e. The summed E-state index contributed by atoms with van der Waals surface area (Å²) in [5.74, 6) is -2.25. The smallest absolute Gasteiger partial charge is 0.282 e. The average molecular weight is 384 g/mol. The molecular weight excluding hydrogens is 368 g/mol. The topological polar surface area (TPSA) is 172 Å². The van der Waals surface area contributed by atoms with Crippen LogP contribution in [-0.4, -0.2) is 25.9 Å². The molecule has 1 aliphatic rings. The highest BCUT2D eigenvalue weighted by atomic mass is 16.6. The zero-order chi connectivity index (χ0) is 20.9. The van der Waals surface area contributed by atoms with E-state index in [1.807, 2.05) is 6.07 Å². The van der Waals surface area contributed by atoms with Crippen LogP contribution in [0.5, 0.6) is 5.88 Å². The fraction of sp³-hybridized carbons (Fsp3) is 0.353. The van der Waals surface area contributed by atoms with E-state index >= 15 is 0 Å². The van der Waals surface area contributed by atoms with Gasteiger partial charge in [-0.25, -0.2) is 0 Å². The third kappa shape index (κ3) is 2.50. The number of aromatic nitrogens is 2. The summed E-state index contributed by atoms with van der Waals surface area (Å²) in [7, 11) is 0. The summed E-state index contributed by atoms with van der Waals surface area (Å²) in [6.45, 7) is 6.02. The number of aryl methyl sites for hydroxylation is 1. The Morgan fingerprint density at radius 2 is 1.61 bits per heavy atom. The van der Waals surface area contributed by atoms with Gasteiger partial charge in [-0.1, -0.05) is 0 Å².